The summed E-state index contributed by atoms with van der Waals surface area (Å²) in [4.78, 5) is 0. The first kappa shape index (κ1) is 10.3. The van der Waals surface area contributed by atoms with E-state index in [4.69, 9.17) is 4.43 Å². The van der Waals surface area contributed by atoms with Crippen molar-refractivity contribution < 1.29 is 4.43 Å². The maximum atomic E-state index is 6.13. The first-order valence-electron chi connectivity index (χ1n) is 5.17. The lowest BCUT2D eigenvalue weighted by Crippen LogP contribution is -2.36. The average Bonchev–Trinajstić information content (AvgIpc) is 1.91. The third-order valence-electron chi connectivity index (χ3n) is 2.54. The zero-order valence-corrected chi connectivity index (χ0v) is 9.89. The van der Waals surface area contributed by atoms with Crippen molar-refractivity contribution in [3.05, 3.63) is 0 Å². The second-order valence-electron chi connectivity index (χ2n) is 5.03. The maximum Gasteiger partial charge on any atom is 0.184 e. The van der Waals surface area contributed by atoms with Crippen LogP contribution in [-0.4, -0.2) is 14.4 Å². The van der Waals surface area contributed by atoms with Gasteiger partial charge in [0.15, 0.2) is 8.32 Å². The molecule has 72 valence electrons. The zero-order chi connectivity index (χ0) is 9.19. The van der Waals surface area contributed by atoms with E-state index in [1.54, 1.807) is 0 Å². The van der Waals surface area contributed by atoms with Crippen LogP contribution >= 0.6 is 0 Å². The molecule has 1 nitrogen and oxygen atoms in total. The Hall–Kier alpha value is 0.177. The quantitative estimate of drug-likeness (QED) is 0.600. The van der Waals surface area contributed by atoms with Gasteiger partial charge in [-0.3, -0.25) is 0 Å². The van der Waals surface area contributed by atoms with Gasteiger partial charge in [-0.2, -0.15) is 0 Å². The predicted molar refractivity (Wildman–Crippen MR) is 55.9 cm³/mol. The van der Waals surface area contributed by atoms with E-state index in [0.29, 0.717) is 6.10 Å². The minimum atomic E-state index is -1.29. The Bertz CT molecular complexity index is 139. The highest BCUT2D eigenvalue weighted by Crippen LogP contribution is 2.28. The van der Waals surface area contributed by atoms with Crippen LogP contribution in [0.5, 0.6) is 0 Å². The van der Waals surface area contributed by atoms with Crippen LogP contribution in [0, 0.1) is 5.92 Å². The normalized spacial score (nSPS) is 32.0. The molecule has 0 saturated heterocycles. The van der Waals surface area contributed by atoms with E-state index in [1.807, 2.05) is 0 Å². The Kier molecular flexibility index (Phi) is 3.35. The van der Waals surface area contributed by atoms with Crippen molar-refractivity contribution in [3.63, 3.8) is 0 Å². The Morgan fingerprint density at radius 1 is 1.08 bits per heavy atom. The summed E-state index contributed by atoms with van der Waals surface area (Å²) in [6.45, 7) is 9.20. The summed E-state index contributed by atoms with van der Waals surface area (Å²) in [5.41, 5.74) is 0. The van der Waals surface area contributed by atoms with Gasteiger partial charge in [0, 0.05) is 6.10 Å². The third-order valence-corrected chi connectivity index (χ3v) is 3.55. The van der Waals surface area contributed by atoms with Crippen LogP contribution in [-0.2, 0) is 4.43 Å². The molecule has 0 N–H and O–H groups in total. The number of rotatable bonds is 2. The lowest BCUT2D eigenvalue weighted by atomic mass is 9.88. The number of hydrogen-bond donors (Lipinski definition) is 0. The lowest BCUT2D eigenvalue weighted by Gasteiger charge is -2.34. The molecular formula is C10H22OSi. The smallest absolute Gasteiger partial charge is 0.184 e. The van der Waals surface area contributed by atoms with Crippen LogP contribution in [0.2, 0.25) is 19.6 Å². The zero-order valence-electron chi connectivity index (χ0n) is 8.89. The van der Waals surface area contributed by atoms with Crippen molar-refractivity contribution in [1.82, 2.24) is 0 Å². The third kappa shape index (κ3) is 3.28. The molecule has 0 aromatic heterocycles. The van der Waals surface area contributed by atoms with Crippen molar-refractivity contribution in [3.8, 4) is 0 Å². The molecule has 2 heteroatoms. The molecule has 0 aromatic carbocycles. The molecule has 0 aliphatic heterocycles. The van der Waals surface area contributed by atoms with Gasteiger partial charge in [0.1, 0.15) is 0 Å². The van der Waals surface area contributed by atoms with Gasteiger partial charge in [-0.05, 0) is 38.4 Å². The standard InChI is InChI=1S/C10H22OSi/c1-9-7-5-6-8-10(9)11-12(2,3)4/h9-10H,5-8H2,1-4H3/t9-,10+/m1/s1. The molecule has 1 fully saturated rings. The van der Waals surface area contributed by atoms with Gasteiger partial charge in [0.25, 0.3) is 0 Å². The molecule has 0 heterocycles. The van der Waals surface area contributed by atoms with Crippen LogP contribution in [0.4, 0.5) is 0 Å². The van der Waals surface area contributed by atoms with Crippen molar-refractivity contribution in [1.29, 1.82) is 0 Å². The molecular weight excluding hydrogens is 164 g/mol. The van der Waals surface area contributed by atoms with Crippen LogP contribution in [0.1, 0.15) is 32.6 Å². The summed E-state index contributed by atoms with van der Waals surface area (Å²) < 4.78 is 6.13. The second-order valence-corrected chi connectivity index (χ2v) is 9.49. The molecule has 0 bridgehead atoms. The van der Waals surface area contributed by atoms with Crippen LogP contribution in [0.25, 0.3) is 0 Å². The minimum absolute atomic E-state index is 0.574. The molecule has 12 heavy (non-hydrogen) atoms. The maximum absolute atomic E-state index is 6.13. The van der Waals surface area contributed by atoms with Gasteiger partial charge in [0.2, 0.25) is 0 Å². The van der Waals surface area contributed by atoms with Gasteiger partial charge >= 0.3 is 0 Å². The van der Waals surface area contributed by atoms with E-state index in [0.717, 1.165) is 5.92 Å². The van der Waals surface area contributed by atoms with Crippen molar-refractivity contribution >= 4 is 8.32 Å². The summed E-state index contributed by atoms with van der Waals surface area (Å²) >= 11 is 0. The molecule has 1 saturated carbocycles. The summed E-state index contributed by atoms with van der Waals surface area (Å²) in [7, 11) is -1.29. The van der Waals surface area contributed by atoms with Crippen LogP contribution in [0.3, 0.4) is 0 Å². The molecule has 1 rings (SSSR count). The highest BCUT2D eigenvalue weighted by atomic mass is 28.4. The fourth-order valence-corrected chi connectivity index (χ4v) is 3.17. The molecule has 2 atom stereocenters. The summed E-state index contributed by atoms with van der Waals surface area (Å²) in [6, 6.07) is 0. The topological polar surface area (TPSA) is 9.23 Å². The first-order valence-corrected chi connectivity index (χ1v) is 8.58. The van der Waals surface area contributed by atoms with Crippen molar-refractivity contribution in [2.45, 2.75) is 58.4 Å². The lowest BCUT2D eigenvalue weighted by molar-refractivity contribution is 0.0958. The molecule has 1 aliphatic rings. The highest BCUT2D eigenvalue weighted by molar-refractivity contribution is 6.69. The fraction of sp³-hybridized carbons (Fsp3) is 1.00. The molecule has 0 amide bonds. The molecule has 1 aliphatic carbocycles. The molecule has 0 aromatic rings. The number of hydrogen-bond acceptors (Lipinski definition) is 1. The van der Waals surface area contributed by atoms with Crippen LogP contribution < -0.4 is 0 Å². The monoisotopic (exact) mass is 186 g/mol. The molecule has 0 unspecified atom stereocenters. The minimum Gasteiger partial charge on any atom is -0.414 e. The first-order chi connectivity index (χ1) is 5.49. The van der Waals surface area contributed by atoms with E-state index >= 15 is 0 Å². The molecule has 0 radical (unpaired) electrons. The Labute approximate surface area is 77.6 Å². The van der Waals surface area contributed by atoms with Crippen LogP contribution in [0.15, 0.2) is 0 Å². The largest absolute Gasteiger partial charge is 0.414 e. The summed E-state index contributed by atoms with van der Waals surface area (Å²) in [5, 5.41) is 0. The van der Waals surface area contributed by atoms with Gasteiger partial charge in [-0.25, -0.2) is 0 Å². The predicted octanol–water partition coefficient (Wildman–Crippen LogP) is 3.42. The Morgan fingerprint density at radius 2 is 1.67 bits per heavy atom. The van der Waals surface area contributed by atoms with Gasteiger partial charge < -0.3 is 4.43 Å². The van der Waals surface area contributed by atoms with Crippen molar-refractivity contribution in [2.24, 2.45) is 5.92 Å². The van der Waals surface area contributed by atoms with Crippen molar-refractivity contribution in [2.75, 3.05) is 0 Å². The Balaban J connectivity index is 2.39. The van der Waals surface area contributed by atoms with E-state index < -0.39 is 8.32 Å². The summed E-state index contributed by atoms with van der Waals surface area (Å²) in [5.74, 6) is 0.797. The highest BCUT2D eigenvalue weighted by Gasteiger charge is 2.27. The van der Waals surface area contributed by atoms with E-state index in [9.17, 15) is 0 Å². The van der Waals surface area contributed by atoms with Gasteiger partial charge in [-0.15, -0.1) is 0 Å². The van der Waals surface area contributed by atoms with E-state index in [2.05, 4.69) is 26.6 Å². The van der Waals surface area contributed by atoms with E-state index in [1.165, 1.54) is 25.7 Å². The van der Waals surface area contributed by atoms with Gasteiger partial charge in [-0.1, -0.05) is 19.8 Å². The SMILES string of the molecule is C[C@@H]1CCCC[C@@H]1O[Si](C)(C)C. The second kappa shape index (κ2) is 3.92. The van der Waals surface area contributed by atoms with Gasteiger partial charge in [0.05, 0.1) is 0 Å². The molecule has 0 spiro atoms. The Morgan fingerprint density at radius 3 is 2.17 bits per heavy atom. The average molecular weight is 186 g/mol. The summed E-state index contributed by atoms with van der Waals surface area (Å²) in [6.07, 6.45) is 6.03. The van der Waals surface area contributed by atoms with E-state index in [-0.39, 0.29) is 0 Å². The fourth-order valence-electron chi connectivity index (χ4n) is 1.91.